The van der Waals surface area contributed by atoms with Crippen LogP contribution in [0.2, 0.25) is 0 Å². The average molecular weight is 369 g/mol. The molecule has 1 saturated heterocycles. The molecule has 0 unspecified atom stereocenters. The fourth-order valence-corrected chi connectivity index (χ4v) is 3.70. The Morgan fingerprint density at radius 3 is 2.67 bits per heavy atom. The number of piperazine rings is 1. The second kappa shape index (κ2) is 7.47. The lowest BCUT2D eigenvalue weighted by Gasteiger charge is -2.41. The molecule has 6 nitrogen and oxygen atoms in total. The Morgan fingerprint density at radius 2 is 2.07 bits per heavy atom. The Bertz CT molecular complexity index is 932. The molecule has 3 rings (SSSR count). The van der Waals surface area contributed by atoms with Crippen molar-refractivity contribution in [3.8, 4) is 5.75 Å². The molecule has 1 N–H and O–H groups in total. The molecule has 2 aromatic rings. The number of aromatic amines is 1. The van der Waals surface area contributed by atoms with E-state index in [-0.39, 0.29) is 23.4 Å². The fraction of sp³-hybridized carbons (Fsp3) is 0.429. The lowest BCUT2D eigenvalue weighted by atomic mass is 10.0. The lowest BCUT2D eigenvalue weighted by Crippen LogP contribution is -2.53. The van der Waals surface area contributed by atoms with Gasteiger partial charge in [0.25, 0.3) is 5.56 Å². The van der Waals surface area contributed by atoms with Crippen LogP contribution in [-0.4, -0.2) is 48.6 Å². The second-order valence-electron chi connectivity index (χ2n) is 7.35. The normalized spacial score (nSPS) is 17.4. The predicted molar refractivity (Wildman–Crippen MR) is 109 cm³/mol. The zero-order valence-corrected chi connectivity index (χ0v) is 16.4. The zero-order chi connectivity index (χ0) is 19.7. The topological polar surface area (TPSA) is 65.6 Å². The standard InChI is InChI=1S/C21H27N3O3/c1-6-20(25)24-8-7-23(12-14(24)4)18-10-15-9-16(13(2)3)21(26)22-17(15)11-19(18)27-5/h6,9-11,13-14H,1,7-8,12H2,2-5H3,(H,22,26)/t14-/m1/s1. The largest absolute Gasteiger partial charge is 0.495 e. The molecule has 6 heteroatoms. The van der Waals surface area contributed by atoms with Crippen molar-refractivity contribution < 1.29 is 9.53 Å². The zero-order valence-electron chi connectivity index (χ0n) is 16.4. The van der Waals surface area contributed by atoms with Crippen LogP contribution in [0.25, 0.3) is 10.9 Å². The van der Waals surface area contributed by atoms with Crippen molar-refractivity contribution in [3.05, 3.63) is 46.8 Å². The minimum Gasteiger partial charge on any atom is -0.495 e. The van der Waals surface area contributed by atoms with E-state index in [0.717, 1.165) is 22.2 Å². The highest BCUT2D eigenvalue weighted by Gasteiger charge is 2.27. The molecule has 1 aromatic heterocycles. The molecule has 0 bridgehead atoms. The fourth-order valence-electron chi connectivity index (χ4n) is 3.70. The van der Waals surface area contributed by atoms with E-state index in [0.29, 0.717) is 25.4 Å². The van der Waals surface area contributed by atoms with E-state index in [9.17, 15) is 9.59 Å². The number of methoxy groups -OCH3 is 1. The van der Waals surface area contributed by atoms with Gasteiger partial charge in [-0.25, -0.2) is 0 Å². The van der Waals surface area contributed by atoms with E-state index in [4.69, 9.17) is 4.74 Å². The molecule has 1 fully saturated rings. The number of amides is 1. The maximum atomic E-state index is 12.3. The molecule has 0 spiro atoms. The third-order valence-corrected chi connectivity index (χ3v) is 5.22. The Hall–Kier alpha value is -2.76. The van der Waals surface area contributed by atoms with Gasteiger partial charge in [0.1, 0.15) is 5.75 Å². The number of carbonyl (C=O) groups excluding carboxylic acids is 1. The number of aromatic nitrogens is 1. The maximum Gasteiger partial charge on any atom is 0.251 e. The molecule has 1 aliphatic heterocycles. The lowest BCUT2D eigenvalue weighted by molar-refractivity contribution is -0.128. The molecule has 27 heavy (non-hydrogen) atoms. The quantitative estimate of drug-likeness (QED) is 0.842. The number of ether oxygens (including phenoxy) is 1. The van der Waals surface area contributed by atoms with Gasteiger partial charge in [-0.05, 0) is 31.1 Å². The Kier molecular flexibility index (Phi) is 5.26. The van der Waals surface area contributed by atoms with Crippen molar-refractivity contribution in [2.24, 2.45) is 0 Å². The monoisotopic (exact) mass is 369 g/mol. The summed E-state index contributed by atoms with van der Waals surface area (Å²) in [7, 11) is 1.63. The number of H-pyrrole nitrogens is 1. The summed E-state index contributed by atoms with van der Waals surface area (Å²) in [6.45, 7) is 11.7. The van der Waals surface area contributed by atoms with Gasteiger partial charge in [0, 0.05) is 42.7 Å². The van der Waals surface area contributed by atoms with Crippen molar-refractivity contribution in [3.63, 3.8) is 0 Å². The molecule has 1 aromatic carbocycles. The number of carbonyl (C=O) groups is 1. The van der Waals surface area contributed by atoms with Crippen LogP contribution < -0.4 is 15.2 Å². The van der Waals surface area contributed by atoms with Gasteiger partial charge < -0.3 is 19.5 Å². The number of pyridine rings is 1. The summed E-state index contributed by atoms with van der Waals surface area (Å²) >= 11 is 0. The molecule has 2 heterocycles. The first-order valence-electron chi connectivity index (χ1n) is 9.28. The molecule has 1 atom stereocenters. The molecular weight excluding hydrogens is 342 g/mol. The van der Waals surface area contributed by atoms with E-state index in [1.165, 1.54) is 6.08 Å². The number of benzene rings is 1. The third-order valence-electron chi connectivity index (χ3n) is 5.22. The molecule has 0 aliphatic carbocycles. The number of fused-ring (bicyclic) bond motifs is 1. The minimum absolute atomic E-state index is 0.0354. The van der Waals surface area contributed by atoms with Crippen molar-refractivity contribution in [2.75, 3.05) is 31.6 Å². The first-order chi connectivity index (χ1) is 12.8. The molecule has 1 aliphatic rings. The summed E-state index contributed by atoms with van der Waals surface area (Å²) in [5, 5.41) is 0.978. The van der Waals surface area contributed by atoms with Gasteiger partial charge in [-0.2, -0.15) is 0 Å². The van der Waals surface area contributed by atoms with Gasteiger partial charge in [-0.15, -0.1) is 0 Å². The number of nitrogens with one attached hydrogen (secondary N) is 1. The Morgan fingerprint density at radius 1 is 1.33 bits per heavy atom. The molecular formula is C21H27N3O3. The highest BCUT2D eigenvalue weighted by Crippen LogP contribution is 2.34. The summed E-state index contributed by atoms with van der Waals surface area (Å²) in [6, 6.07) is 5.98. The highest BCUT2D eigenvalue weighted by atomic mass is 16.5. The smallest absolute Gasteiger partial charge is 0.251 e. The Balaban J connectivity index is 2.01. The van der Waals surface area contributed by atoms with Crippen molar-refractivity contribution >= 4 is 22.5 Å². The average Bonchev–Trinajstić information content (AvgIpc) is 2.65. The summed E-state index contributed by atoms with van der Waals surface area (Å²) in [6.07, 6.45) is 1.37. The van der Waals surface area contributed by atoms with Crippen LogP contribution in [0, 0.1) is 0 Å². The minimum atomic E-state index is -0.0579. The van der Waals surface area contributed by atoms with E-state index < -0.39 is 0 Å². The molecule has 1 amide bonds. The summed E-state index contributed by atoms with van der Waals surface area (Å²) in [5.41, 5.74) is 2.45. The van der Waals surface area contributed by atoms with Crippen LogP contribution in [0.15, 0.2) is 35.6 Å². The third kappa shape index (κ3) is 3.56. The number of hydrogen-bond acceptors (Lipinski definition) is 4. The highest BCUT2D eigenvalue weighted by molar-refractivity contribution is 5.88. The van der Waals surface area contributed by atoms with Gasteiger partial charge >= 0.3 is 0 Å². The van der Waals surface area contributed by atoms with Gasteiger partial charge in [0.15, 0.2) is 0 Å². The van der Waals surface area contributed by atoms with Crippen LogP contribution in [-0.2, 0) is 4.79 Å². The summed E-state index contributed by atoms with van der Waals surface area (Å²) < 4.78 is 5.59. The Labute approximate surface area is 159 Å². The second-order valence-corrected chi connectivity index (χ2v) is 7.35. The van der Waals surface area contributed by atoms with E-state index in [1.807, 2.05) is 37.8 Å². The molecule has 0 saturated carbocycles. The first-order valence-corrected chi connectivity index (χ1v) is 9.28. The van der Waals surface area contributed by atoms with E-state index >= 15 is 0 Å². The van der Waals surface area contributed by atoms with Gasteiger partial charge in [0.2, 0.25) is 5.91 Å². The SMILES string of the molecule is C=CC(=O)N1CCN(c2cc3cc(C(C)C)c(=O)[nH]c3cc2OC)C[C@H]1C. The van der Waals surface area contributed by atoms with Gasteiger partial charge in [-0.1, -0.05) is 20.4 Å². The van der Waals surface area contributed by atoms with E-state index in [2.05, 4.69) is 22.5 Å². The number of hydrogen-bond donors (Lipinski definition) is 1. The summed E-state index contributed by atoms with van der Waals surface area (Å²) in [4.78, 5) is 31.3. The van der Waals surface area contributed by atoms with Crippen LogP contribution in [0.1, 0.15) is 32.3 Å². The number of rotatable bonds is 4. The van der Waals surface area contributed by atoms with E-state index in [1.54, 1.807) is 7.11 Å². The number of nitrogens with zero attached hydrogens (tertiary/aromatic N) is 2. The molecule has 144 valence electrons. The van der Waals surface area contributed by atoms with Gasteiger partial charge in [-0.3, -0.25) is 9.59 Å². The maximum absolute atomic E-state index is 12.3. The van der Waals surface area contributed by atoms with Crippen LogP contribution in [0.5, 0.6) is 5.75 Å². The summed E-state index contributed by atoms with van der Waals surface area (Å²) in [5.74, 6) is 0.829. The van der Waals surface area contributed by atoms with Crippen molar-refractivity contribution in [2.45, 2.75) is 32.7 Å². The van der Waals surface area contributed by atoms with Crippen LogP contribution in [0.3, 0.4) is 0 Å². The van der Waals surface area contributed by atoms with Crippen LogP contribution >= 0.6 is 0 Å². The molecule has 0 radical (unpaired) electrons. The van der Waals surface area contributed by atoms with Crippen LogP contribution in [0.4, 0.5) is 5.69 Å². The van der Waals surface area contributed by atoms with Gasteiger partial charge in [0.05, 0.1) is 18.3 Å². The van der Waals surface area contributed by atoms with Crippen molar-refractivity contribution in [1.29, 1.82) is 0 Å². The number of anilines is 1. The predicted octanol–water partition coefficient (Wildman–Crippen LogP) is 2.88. The van der Waals surface area contributed by atoms with Crippen molar-refractivity contribution in [1.82, 2.24) is 9.88 Å². The first kappa shape index (κ1) is 19.0.